The van der Waals surface area contributed by atoms with E-state index in [4.69, 9.17) is 4.74 Å². The second-order valence-electron chi connectivity index (χ2n) is 6.89. The second-order valence-corrected chi connectivity index (χ2v) is 6.89. The fourth-order valence-corrected chi connectivity index (χ4v) is 3.63. The normalized spacial score (nSPS) is 21.0. The Kier molecular flexibility index (Phi) is 6.28. The van der Waals surface area contributed by atoms with Gasteiger partial charge in [0.1, 0.15) is 0 Å². The zero-order valence-corrected chi connectivity index (χ0v) is 15.9. The third kappa shape index (κ3) is 4.25. The number of ether oxygens (including phenoxy) is 1. The molecule has 6 nitrogen and oxygen atoms in total. The van der Waals surface area contributed by atoms with Crippen molar-refractivity contribution in [2.24, 2.45) is 10.9 Å². The average molecular weight is 355 g/mol. The molecule has 0 radical (unpaired) electrons. The lowest BCUT2D eigenvalue weighted by Gasteiger charge is -2.39. The van der Waals surface area contributed by atoms with E-state index in [1.165, 1.54) is 11.1 Å². The van der Waals surface area contributed by atoms with Crippen LogP contribution < -0.4 is 5.32 Å². The van der Waals surface area contributed by atoms with Crippen LogP contribution in [0.3, 0.4) is 0 Å². The fourth-order valence-electron chi connectivity index (χ4n) is 3.63. The van der Waals surface area contributed by atoms with Gasteiger partial charge in [-0.1, -0.05) is 31.2 Å². The minimum Gasteiger partial charge on any atom is -0.380 e. The molecule has 0 amide bonds. The summed E-state index contributed by atoms with van der Waals surface area (Å²) in [6, 6.07) is 8.79. The maximum Gasteiger partial charge on any atom is 0.193 e. The first-order valence-corrected chi connectivity index (χ1v) is 9.21. The van der Waals surface area contributed by atoms with Crippen molar-refractivity contribution in [3.63, 3.8) is 0 Å². The Balaban J connectivity index is 1.66. The molecule has 0 saturated carbocycles. The molecule has 1 aliphatic rings. The molecule has 1 fully saturated rings. The van der Waals surface area contributed by atoms with Crippen molar-refractivity contribution in [1.29, 1.82) is 0 Å². The Morgan fingerprint density at radius 3 is 2.85 bits per heavy atom. The number of nitrogens with one attached hydrogen (secondary N) is 1. The van der Waals surface area contributed by atoms with E-state index in [2.05, 4.69) is 62.1 Å². The molecule has 26 heavy (non-hydrogen) atoms. The molecule has 1 saturated heterocycles. The third-order valence-electron chi connectivity index (χ3n) is 5.19. The summed E-state index contributed by atoms with van der Waals surface area (Å²) in [6.45, 7) is 5.65. The third-order valence-corrected chi connectivity index (χ3v) is 5.19. The monoisotopic (exact) mass is 355 g/mol. The number of hydrogen-bond donors (Lipinski definition) is 1. The molecule has 1 N–H and O–H groups in total. The summed E-state index contributed by atoms with van der Waals surface area (Å²) in [7, 11) is 3.59. The van der Waals surface area contributed by atoms with Gasteiger partial charge in [0.2, 0.25) is 0 Å². The fraction of sp³-hybridized carbons (Fsp3) is 0.500. The van der Waals surface area contributed by atoms with Crippen molar-refractivity contribution in [3.05, 3.63) is 54.1 Å². The number of piperidine rings is 1. The molecule has 1 aromatic heterocycles. The van der Waals surface area contributed by atoms with Gasteiger partial charge in [0.25, 0.3) is 0 Å². The van der Waals surface area contributed by atoms with Crippen LogP contribution in [0.5, 0.6) is 0 Å². The van der Waals surface area contributed by atoms with Crippen LogP contribution in [-0.4, -0.2) is 47.7 Å². The van der Waals surface area contributed by atoms with Gasteiger partial charge in [0.15, 0.2) is 5.96 Å². The highest BCUT2D eigenvalue weighted by Crippen LogP contribution is 2.27. The van der Waals surface area contributed by atoms with Gasteiger partial charge in [-0.2, -0.15) is 0 Å². The minimum absolute atomic E-state index is 0.422. The molecule has 0 spiro atoms. The standard InChI is InChI=1S/C20H29N5O/c1-16-8-10-24(13-19(16)25-11-9-22-15-25)20(21-2)23-12-17-6-4-5-7-18(17)14-26-3/h4-7,9,11,15-16,19H,8,10,12-14H2,1-3H3,(H,21,23). The summed E-state index contributed by atoms with van der Waals surface area (Å²) < 4.78 is 7.53. The predicted molar refractivity (Wildman–Crippen MR) is 104 cm³/mol. The van der Waals surface area contributed by atoms with Crippen molar-refractivity contribution < 1.29 is 4.74 Å². The zero-order valence-electron chi connectivity index (χ0n) is 15.9. The number of likely N-dealkylation sites (tertiary alicyclic amines) is 1. The van der Waals surface area contributed by atoms with Crippen LogP contribution in [0.1, 0.15) is 30.5 Å². The van der Waals surface area contributed by atoms with E-state index in [1.807, 2.05) is 19.6 Å². The summed E-state index contributed by atoms with van der Waals surface area (Å²) in [5.74, 6) is 1.58. The first-order chi connectivity index (χ1) is 12.7. The largest absolute Gasteiger partial charge is 0.380 e. The highest BCUT2D eigenvalue weighted by atomic mass is 16.5. The molecule has 2 heterocycles. The maximum atomic E-state index is 5.31. The van der Waals surface area contributed by atoms with Gasteiger partial charge in [0, 0.05) is 46.2 Å². The van der Waals surface area contributed by atoms with Crippen LogP contribution in [-0.2, 0) is 17.9 Å². The van der Waals surface area contributed by atoms with Crippen molar-refractivity contribution in [2.45, 2.75) is 32.5 Å². The predicted octanol–water partition coefficient (Wildman–Crippen LogP) is 2.69. The topological polar surface area (TPSA) is 54.7 Å². The molecular formula is C20H29N5O. The Morgan fingerprint density at radius 1 is 1.35 bits per heavy atom. The quantitative estimate of drug-likeness (QED) is 0.662. The lowest BCUT2D eigenvalue weighted by molar-refractivity contribution is 0.183. The Bertz CT molecular complexity index is 713. The zero-order chi connectivity index (χ0) is 18.4. The van der Waals surface area contributed by atoms with Crippen LogP contribution >= 0.6 is 0 Å². The number of rotatable bonds is 5. The molecule has 140 valence electrons. The van der Waals surface area contributed by atoms with E-state index in [9.17, 15) is 0 Å². The van der Waals surface area contributed by atoms with Gasteiger partial charge in [-0.15, -0.1) is 0 Å². The van der Waals surface area contributed by atoms with E-state index in [-0.39, 0.29) is 0 Å². The summed E-state index contributed by atoms with van der Waals surface area (Å²) in [5.41, 5.74) is 2.45. The Labute approximate surface area is 155 Å². The molecule has 6 heteroatoms. The van der Waals surface area contributed by atoms with Crippen LogP contribution in [0.4, 0.5) is 0 Å². The number of benzene rings is 1. The molecule has 0 aliphatic carbocycles. The smallest absolute Gasteiger partial charge is 0.193 e. The summed E-state index contributed by atoms with van der Waals surface area (Å²) in [6.07, 6.45) is 6.97. The number of guanidine groups is 1. The Morgan fingerprint density at radius 2 is 2.15 bits per heavy atom. The maximum absolute atomic E-state index is 5.31. The van der Waals surface area contributed by atoms with Crippen LogP contribution in [0.2, 0.25) is 0 Å². The highest BCUT2D eigenvalue weighted by molar-refractivity contribution is 5.80. The van der Waals surface area contributed by atoms with Gasteiger partial charge in [0.05, 0.1) is 19.0 Å². The van der Waals surface area contributed by atoms with Gasteiger partial charge in [-0.3, -0.25) is 4.99 Å². The number of aliphatic imine (C=N–C) groups is 1. The van der Waals surface area contributed by atoms with Gasteiger partial charge in [-0.05, 0) is 23.5 Å². The van der Waals surface area contributed by atoms with Crippen molar-refractivity contribution in [3.8, 4) is 0 Å². The molecule has 3 rings (SSSR count). The van der Waals surface area contributed by atoms with Crippen LogP contribution in [0, 0.1) is 5.92 Å². The van der Waals surface area contributed by atoms with Gasteiger partial charge >= 0.3 is 0 Å². The Hall–Kier alpha value is -2.34. The molecule has 1 aliphatic heterocycles. The molecule has 2 unspecified atom stereocenters. The van der Waals surface area contributed by atoms with Crippen molar-refractivity contribution in [2.75, 3.05) is 27.2 Å². The summed E-state index contributed by atoms with van der Waals surface area (Å²) >= 11 is 0. The van der Waals surface area contributed by atoms with Crippen LogP contribution in [0.25, 0.3) is 0 Å². The van der Waals surface area contributed by atoms with Gasteiger partial charge in [-0.25, -0.2) is 4.98 Å². The molecule has 2 atom stereocenters. The van der Waals surface area contributed by atoms with E-state index in [0.29, 0.717) is 18.6 Å². The first-order valence-electron chi connectivity index (χ1n) is 9.21. The minimum atomic E-state index is 0.422. The molecular weight excluding hydrogens is 326 g/mol. The van der Waals surface area contributed by atoms with Crippen molar-refractivity contribution in [1.82, 2.24) is 19.8 Å². The number of hydrogen-bond acceptors (Lipinski definition) is 3. The number of imidazole rings is 1. The number of methoxy groups -OCH3 is 1. The molecule has 1 aromatic carbocycles. The SMILES string of the molecule is CN=C(NCc1ccccc1COC)N1CCC(C)C(n2ccnc2)C1. The van der Waals surface area contributed by atoms with Gasteiger partial charge < -0.3 is 19.5 Å². The second kappa shape index (κ2) is 8.85. The highest BCUT2D eigenvalue weighted by Gasteiger charge is 2.28. The first kappa shape index (κ1) is 18.5. The van der Waals surface area contributed by atoms with E-state index in [1.54, 1.807) is 7.11 Å². The summed E-state index contributed by atoms with van der Waals surface area (Å²) in [5, 5.41) is 3.53. The summed E-state index contributed by atoms with van der Waals surface area (Å²) in [4.78, 5) is 11.1. The number of nitrogens with zero attached hydrogens (tertiary/aromatic N) is 4. The van der Waals surface area contributed by atoms with E-state index >= 15 is 0 Å². The van der Waals surface area contributed by atoms with Crippen molar-refractivity contribution >= 4 is 5.96 Å². The van der Waals surface area contributed by atoms with E-state index < -0.39 is 0 Å². The average Bonchev–Trinajstić information content (AvgIpc) is 3.19. The molecule has 0 bridgehead atoms. The lowest BCUT2D eigenvalue weighted by atomic mass is 9.93. The lowest BCUT2D eigenvalue weighted by Crippen LogP contribution is -2.48. The molecule has 2 aromatic rings. The van der Waals surface area contributed by atoms with Crippen LogP contribution in [0.15, 0.2) is 48.0 Å². The van der Waals surface area contributed by atoms with E-state index in [0.717, 1.165) is 32.0 Å². The number of aromatic nitrogens is 2.